The van der Waals surface area contributed by atoms with E-state index in [1.807, 2.05) is 6.20 Å². The van der Waals surface area contributed by atoms with Gasteiger partial charge in [0.05, 0.1) is 18.4 Å². The molecule has 1 atom stereocenters. The molecule has 2 heterocycles. The van der Waals surface area contributed by atoms with Crippen molar-refractivity contribution in [2.75, 3.05) is 25.1 Å². The minimum atomic E-state index is 0.519. The predicted molar refractivity (Wildman–Crippen MR) is 61.7 cm³/mol. The average Bonchev–Trinajstić information content (AvgIpc) is 2.28. The predicted octanol–water partition coefficient (Wildman–Crippen LogP) is 2.42. The molecule has 0 spiro atoms. The standard InChI is InChI=1S/C12H18N2O/c1-4-9(2)10-7-11-12(8-13-10)15-6-5-14(11)3/h7-9H,4-6H2,1-3H3. The molecule has 0 saturated heterocycles. The molecule has 3 nitrogen and oxygen atoms in total. The molecule has 1 aliphatic heterocycles. The molecule has 0 saturated carbocycles. The third-order valence-electron chi connectivity index (χ3n) is 3.08. The summed E-state index contributed by atoms with van der Waals surface area (Å²) in [6.45, 7) is 6.11. The number of anilines is 1. The molecule has 1 unspecified atom stereocenters. The van der Waals surface area contributed by atoms with Gasteiger partial charge < -0.3 is 9.64 Å². The van der Waals surface area contributed by atoms with Gasteiger partial charge in [0.1, 0.15) is 6.61 Å². The van der Waals surface area contributed by atoms with Crippen molar-refractivity contribution >= 4 is 5.69 Å². The quantitative estimate of drug-likeness (QED) is 0.743. The summed E-state index contributed by atoms with van der Waals surface area (Å²) in [5.74, 6) is 1.43. The zero-order chi connectivity index (χ0) is 10.8. The lowest BCUT2D eigenvalue weighted by Gasteiger charge is -2.28. The summed E-state index contributed by atoms with van der Waals surface area (Å²) < 4.78 is 5.56. The molecule has 0 amide bonds. The van der Waals surface area contributed by atoms with E-state index in [1.165, 1.54) is 5.69 Å². The van der Waals surface area contributed by atoms with Crippen LogP contribution in [0.1, 0.15) is 31.9 Å². The van der Waals surface area contributed by atoms with E-state index in [0.29, 0.717) is 5.92 Å². The molecule has 2 rings (SSSR count). The topological polar surface area (TPSA) is 25.4 Å². The Morgan fingerprint density at radius 1 is 1.60 bits per heavy atom. The van der Waals surface area contributed by atoms with Gasteiger partial charge in [-0.2, -0.15) is 0 Å². The first kappa shape index (κ1) is 10.3. The van der Waals surface area contributed by atoms with Crippen molar-refractivity contribution in [2.24, 2.45) is 0 Å². The van der Waals surface area contributed by atoms with Gasteiger partial charge in [-0.15, -0.1) is 0 Å². The molecule has 15 heavy (non-hydrogen) atoms. The highest BCUT2D eigenvalue weighted by atomic mass is 16.5. The molecule has 0 N–H and O–H groups in total. The van der Waals surface area contributed by atoms with Crippen molar-refractivity contribution in [1.82, 2.24) is 4.98 Å². The highest BCUT2D eigenvalue weighted by Gasteiger charge is 2.17. The van der Waals surface area contributed by atoms with Gasteiger partial charge in [-0.1, -0.05) is 13.8 Å². The Hall–Kier alpha value is -1.25. The normalized spacial score (nSPS) is 16.9. The number of fused-ring (bicyclic) bond motifs is 1. The fraction of sp³-hybridized carbons (Fsp3) is 0.583. The van der Waals surface area contributed by atoms with Crippen LogP contribution in [0.2, 0.25) is 0 Å². The summed E-state index contributed by atoms with van der Waals surface area (Å²) in [4.78, 5) is 6.67. The fourth-order valence-corrected chi connectivity index (χ4v) is 1.75. The molecule has 0 aliphatic carbocycles. The van der Waals surface area contributed by atoms with E-state index in [9.17, 15) is 0 Å². The smallest absolute Gasteiger partial charge is 0.160 e. The van der Waals surface area contributed by atoms with Gasteiger partial charge in [0.2, 0.25) is 0 Å². The maximum Gasteiger partial charge on any atom is 0.160 e. The summed E-state index contributed by atoms with van der Waals surface area (Å²) in [5, 5.41) is 0. The summed E-state index contributed by atoms with van der Waals surface area (Å²) in [6, 6.07) is 2.16. The molecule has 0 bridgehead atoms. The SMILES string of the molecule is CCC(C)c1cc2c(cn1)OCCN2C. The molecule has 0 radical (unpaired) electrons. The molecule has 1 aliphatic rings. The van der Waals surface area contributed by atoms with E-state index in [-0.39, 0.29) is 0 Å². The number of aromatic nitrogens is 1. The molecule has 3 heteroatoms. The number of ether oxygens (including phenoxy) is 1. The number of hydrogen-bond acceptors (Lipinski definition) is 3. The Balaban J connectivity index is 2.35. The summed E-state index contributed by atoms with van der Waals surface area (Å²) in [6.07, 6.45) is 2.98. The van der Waals surface area contributed by atoms with Crippen LogP contribution in [0.3, 0.4) is 0 Å². The molecule has 0 aromatic carbocycles. The van der Waals surface area contributed by atoms with Crippen LogP contribution in [0, 0.1) is 0 Å². The van der Waals surface area contributed by atoms with Crippen LogP contribution in [0.5, 0.6) is 5.75 Å². The van der Waals surface area contributed by atoms with E-state index < -0.39 is 0 Å². The van der Waals surface area contributed by atoms with E-state index in [4.69, 9.17) is 4.74 Å². The lowest BCUT2D eigenvalue weighted by molar-refractivity contribution is 0.309. The summed E-state index contributed by atoms with van der Waals surface area (Å²) >= 11 is 0. The highest BCUT2D eigenvalue weighted by molar-refractivity contribution is 5.59. The third-order valence-corrected chi connectivity index (χ3v) is 3.08. The van der Waals surface area contributed by atoms with E-state index in [0.717, 1.165) is 31.0 Å². The second-order valence-corrected chi connectivity index (χ2v) is 4.16. The van der Waals surface area contributed by atoms with Crippen molar-refractivity contribution in [1.29, 1.82) is 0 Å². The number of likely N-dealkylation sites (N-methyl/N-ethyl adjacent to an activating group) is 1. The second kappa shape index (κ2) is 4.09. The first-order valence-electron chi connectivity index (χ1n) is 5.56. The Morgan fingerprint density at radius 2 is 2.40 bits per heavy atom. The zero-order valence-corrected chi connectivity index (χ0v) is 9.66. The highest BCUT2D eigenvalue weighted by Crippen LogP contribution is 2.32. The Kier molecular flexibility index (Phi) is 2.80. The largest absolute Gasteiger partial charge is 0.488 e. The molecular weight excluding hydrogens is 188 g/mol. The number of pyridine rings is 1. The van der Waals surface area contributed by atoms with Crippen molar-refractivity contribution in [3.05, 3.63) is 18.0 Å². The zero-order valence-electron chi connectivity index (χ0n) is 9.66. The van der Waals surface area contributed by atoms with Crippen LogP contribution >= 0.6 is 0 Å². The van der Waals surface area contributed by atoms with Gasteiger partial charge in [0, 0.05) is 12.7 Å². The van der Waals surface area contributed by atoms with E-state index >= 15 is 0 Å². The van der Waals surface area contributed by atoms with Crippen molar-refractivity contribution in [2.45, 2.75) is 26.2 Å². The Morgan fingerprint density at radius 3 is 3.13 bits per heavy atom. The third kappa shape index (κ3) is 1.91. The van der Waals surface area contributed by atoms with E-state index in [2.05, 4.69) is 36.8 Å². The molecule has 1 aromatic heterocycles. The van der Waals surface area contributed by atoms with Crippen LogP contribution in [0.4, 0.5) is 5.69 Å². The summed E-state index contributed by atoms with van der Waals surface area (Å²) in [7, 11) is 2.10. The number of nitrogens with zero attached hydrogens (tertiary/aromatic N) is 2. The first-order chi connectivity index (χ1) is 7.22. The van der Waals surface area contributed by atoms with Crippen LogP contribution in [-0.4, -0.2) is 25.2 Å². The monoisotopic (exact) mass is 206 g/mol. The fourth-order valence-electron chi connectivity index (χ4n) is 1.75. The number of hydrogen-bond donors (Lipinski definition) is 0. The van der Waals surface area contributed by atoms with Gasteiger partial charge in [-0.05, 0) is 18.4 Å². The number of rotatable bonds is 2. The molecule has 82 valence electrons. The minimum Gasteiger partial charge on any atom is -0.488 e. The van der Waals surface area contributed by atoms with Gasteiger partial charge in [0.25, 0.3) is 0 Å². The lowest BCUT2D eigenvalue weighted by Crippen LogP contribution is -2.29. The first-order valence-corrected chi connectivity index (χ1v) is 5.56. The van der Waals surface area contributed by atoms with Crippen molar-refractivity contribution in [3.63, 3.8) is 0 Å². The lowest BCUT2D eigenvalue weighted by atomic mass is 10.0. The van der Waals surface area contributed by atoms with Crippen molar-refractivity contribution < 1.29 is 4.74 Å². The maximum atomic E-state index is 5.56. The van der Waals surface area contributed by atoms with Crippen LogP contribution in [0.15, 0.2) is 12.3 Å². The van der Waals surface area contributed by atoms with Gasteiger partial charge >= 0.3 is 0 Å². The van der Waals surface area contributed by atoms with E-state index in [1.54, 1.807) is 0 Å². The molecular formula is C12H18N2O. The Labute approximate surface area is 91.1 Å². The van der Waals surface area contributed by atoms with Gasteiger partial charge in [0.15, 0.2) is 5.75 Å². The summed E-state index contributed by atoms with van der Waals surface area (Å²) in [5.41, 5.74) is 2.33. The molecule has 1 aromatic rings. The molecule has 0 fully saturated rings. The maximum absolute atomic E-state index is 5.56. The minimum absolute atomic E-state index is 0.519. The van der Waals surface area contributed by atoms with Crippen LogP contribution in [-0.2, 0) is 0 Å². The van der Waals surface area contributed by atoms with Crippen molar-refractivity contribution in [3.8, 4) is 5.75 Å². The van der Waals surface area contributed by atoms with Gasteiger partial charge in [-0.25, -0.2) is 0 Å². The Bertz CT molecular complexity index is 351. The van der Waals surface area contributed by atoms with Crippen LogP contribution < -0.4 is 9.64 Å². The van der Waals surface area contributed by atoms with Gasteiger partial charge in [-0.3, -0.25) is 4.98 Å². The second-order valence-electron chi connectivity index (χ2n) is 4.16. The van der Waals surface area contributed by atoms with Crippen LogP contribution in [0.25, 0.3) is 0 Å². The average molecular weight is 206 g/mol.